The standard InChI is InChI=1S/C18H23N5O/c1-13-5-6-15(11-17(13)19-2)18(20-3)22-24-12-14-9-16(10-14)23-8-4-7-21-23/h4-8,11,14,16,19H,3,9-10,12H2,1-2H3/b22-18-. The number of hydrogen-bond acceptors (Lipinski definition) is 4. The second-order valence-electron chi connectivity index (χ2n) is 6.13. The van der Waals surface area contributed by atoms with Crippen LogP contribution in [0.25, 0.3) is 0 Å². The van der Waals surface area contributed by atoms with Crippen molar-refractivity contribution in [1.82, 2.24) is 9.78 Å². The lowest BCUT2D eigenvalue weighted by Crippen LogP contribution is -2.29. The summed E-state index contributed by atoms with van der Waals surface area (Å²) in [5, 5.41) is 11.6. The summed E-state index contributed by atoms with van der Waals surface area (Å²) in [4.78, 5) is 9.51. The first-order valence-corrected chi connectivity index (χ1v) is 8.16. The minimum Gasteiger partial charge on any atom is -0.394 e. The molecule has 1 N–H and O–H groups in total. The monoisotopic (exact) mass is 325 g/mol. The van der Waals surface area contributed by atoms with Gasteiger partial charge in [0.25, 0.3) is 0 Å². The Morgan fingerprint density at radius 3 is 2.96 bits per heavy atom. The van der Waals surface area contributed by atoms with E-state index >= 15 is 0 Å². The van der Waals surface area contributed by atoms with Gasteiger partial charge in [0.1, 0.15) is 6.61 Å². The molecule has 6 heteroatoms. The first-order valence-electron chi connectivity index (χ1n) is 8.16. The molecule has 0 atom stereocenters. The summed E-state index contributed by atoms with van der Waals surface area (Å²) in [5.74, 6) is 1.02. The molecule has 0 saturated heterocycles. The number of anilines is 1. The lowest BCUT2D eigenvalue weighted by Gasteiger charge is -2.34. The van der Waals surface area contributed by atoms with Crippen LogP contribution in [0.2, 0.25) is 0 Å². The lowest BCUT2D eigenvalue weighted by atomic mass is 9.81. The molecule has 1 aromatic heterocycles. The predicted octanol–water partition coefficient (Wildman–Crippen LogP) is 3.26. The van der Waals surface area contributed by atoms with E-state index in [4.69, 9.17) is 4.84 Å². The van der Waals surface area contributed by atoms with Gasteiger partial charge in [0.15, 0.2) is 5.84 Å². The number of nitrogens with zero attached hydrogens (tertiary/aromatic N) is 4. The van der Waals surface area contributed by atoms with Crippen molar-refractivity contribution in [2.75, 3.05) is 19.0 Å². The topological polar surface area (TPSA) is 63.8 Å². The van der Waals surface area contributed by atoms with Crippen molar-refractivity contribution >= 4 is 18.2 Å². The van der Waals surface area contributed by atoms with Gasteiger partial charge in [-0.3, -0.25) is 4.68 Å². The zero-order chi connectivity index (χ0) is 16.9. The predicted molar refractivity (Wildman–Crippen MR) is 96.8 cm³/mol. The molecule has 1 fully saturated rings. The number of hydrogen-bond donors (Lipinski definition) is 1. The maximum absolute atomic E-state index is 5.52. The molecule has 3 rings (SSSR count). The van der Waals surface area contributed by atoms with Crippen LogP contribution in [0.1, 0.15) is 30.0 Å². The van der Waals surface area contributed by atoms with Crippen molar-refractivity contribution in [1.29, 1.82) is 0 Å². The van der Waals surface area contributed by atoms with E-state index in [0.29, 0.717) is 24.4 Å². The zero-order valence-corrected chi connectivity index (χ0v) is 14.1. The first-order chi connectivity index (χ1) is 11.7. The maximum atomic E-state index is 5.52. The van der Waals surface area contributed by atoms with E-state index in [1.54, 1.807) is 0 Å². The van der Waals surface area contributed by atoms with Gasteiger partial charge in [0, 0.05) is 30.7 Å². The highest BCUT2D eigenvalue weighted by molar-refractivity contribution is 6.01. The summed E-state index contributed by atoms with van der Waals surface area (Å²) in [5.41, 5.74) is 3.11. The normalized spacial score (nSPS) is 20.3. The van der Waals surface area contributed by atoms with Gasteiger partial charge in [0.05, 0.1) is 6.04 Å². The molecule has 0 spiro atoms. The van der Waals surface area contributed by atoms with E-state index in [2.05, 4.69) is 34.2 Å². The molecule has 126 valence electrons. The Kier molecular flexibility index (Phi) is 4.93. The number of oxime groups is 1. The average Bonchev–Trinajstić information content (AvgIpc) is 3.08. The van der Waals surface area contributed by atoms with Gasteiger partial charge < -0.3 is 10.2 Å². The summed E-state index contributed by atoms with van der Waals surface area (Å²) in [6.07, 6.45) is 5.97. The summed E-state index contributed by atoms with van der Waals surface area (Å²) < 4.78 is 2.02. The molecule has 6 nitrogen and oxygen atoms in total. The highest BCUT2D eigenvalue weighted by atomic mass is 16.6. The summed E-state index contributed by atoms with van der Waals surface area (Å²) in [7, 11) is 1.90. The van der Waals surface area contributed by atoms with E-state index in [9.17, 15) is 0 Å². The zero-order valence-electron chi connectivity index (χ0n) is 14.1. The summed E-state index contributed by atoms with van der Waals surface area (Å²) in [6.45, 7) is 6.25. The van der Waals surface area contributed by atoms with Gasteiger partial charge in [-0.05, 0) is 50.1 Å². The number of aryl methyl sites for hydroxylation is 1. The smallest absolute Gasteiger partial charge is 0.198 e. The third-order valence-electron chi connectivity index (χ3n) is 4.49. The third kappa shape index (κ3) is 3.48. The van der Waals surface area contributed by atoms with Crippen LogP contribution in [0.15, 0.2) is 46.8 Å². The number of aliphatic imine (C=N–C) groups is 1. The molecule has 1 aliphatic rings. The van der Waals surface area contributed by atoms with Crippen LogP contribution >= 0.6 is 0 Å². The fourth-order valence-electron chi connectivity index (χ4n) is 2.96. The second-order valence-corrected chi connectivity index (χ2v) is 6.13. The van der Waals surface area contributed by atoms with Gasteiger partial charge in [0.2, 0.25) is 0 Å². The number of rotatable bonds is 6. The minimum absolute atomic E-state index is 0.491. The molecule has 0 bridgehead atoms. The molecule has 0 aliphatic heterocycles. The van der Waals surface area contributed by atoms with Gasteiger partial charge in [-0.25, -0.2) is 4.99 Å². The number of aromatic nitrogens is 2. The Hall–Kier alpha value is -2.63. The van der Waals surface area contributed by atoms with Gasteiger partial charge in [-0.15, -0.1) is 0 Å². The van der Waals surface area contributed by atoms with Crippen LogP contribution in [0.4, 0.5) is 5.69 Å². The van der Waals surface area contributed by atoms with Crippen molar-refractivity contribution in [2.45, 2.75) is 25.8 Å². The summed E-state index contributed by atoms with van der Waals surface area (Å²) in [6, 6.07) is 8.46. The molecule has 24 heavy (non-hydrogen) atoms. The minimum atomic E-state index is 0.491. The van der Waals surface area contributed by atoms with Crippen LogP contribution < -0.4 is 5.32 Å². The van der Waals surface area contributed by atoms with Gasteiger partial charge in [-0.1, -0.05) is 17.3 Å². The Bertz CT molecular complexity index is 717. The van der Waals surface area contributed by atoms with Crippen molar-refractivity contribution in [3.8, 4) is 0 Å². The van der Waals surface area contributed by atoms with Crippen LogP contribution in [0, 0.1) is 12.8 Å². The average molecular weight is 325 g/mol. The van der Waals surface area contributed by atoms with Crippen molar-refractivity contribution in [3.63, 3.8) is 0 Å². The van der Waals surface area contributed by atoms with Crippen LogP contribution in [0.3, 0.4) is 0 Å². The molecule has 1 heterocycles. The lowest BCUT2D eigenvalue weighted by molar-refractivity contribution is 0.0472. The number of benzene rings is 1. The SMILES string of the molecule is C=N/C(=N\OCC1CC(n2cccn2)C1)c1ccc(C)c(NC)c1. The summed E-state index contributed by atoms with van der Waals surface area (Å²) >= 11 is 0. The van der Waals surface area contributed by atoms with Crippen LogP contribution in [0.5, 0.6) is 0 Å². The molecule has 0 amide bonds. The molecule has 1 aromatic carbocycles. The van der Waals surface area contributed by atoms with E-state index in [0.717, 1.165) is 24.1 Å². The molecule has 2 aromatic rings. The second kappa shape index (κ2) is 7.29. The maximum Gasteiger partial charge on any atom is 0.198 e. The Morgan fingerprint density at radius 1 is 1.46 bits per heavy atom. The van der Waals surface area contributed by atoms with E-state index in [-0.39, 0.29) is 0 Å². The van der Waals surface area contributed by atoms with Gasteiger partial charge in [-0.2, -0.15) is 5.10 Å². The quantitative estimate of drug-likeness (QED) is 0.504. The number of nitrogens with one attached hydrogen (secondary N) is 1. The Morgan fingerprint density at radius 2 is 2.29 bits per heavy atom. The van der Waals surface area contributed by atoms with Crippen molar-refractivity contribution < 1.29 is 4.84 Å². The fraction of sp³-hybridized carbons (Fsp3) is 0.389. The van der Waals surface area contributed by atoms with Crippen molar-refractivity contribution in [3.05, 3.63) is 47.8 Å². The largest absolute Gasteiger partial charge is 0.394 e. The molecular weight excluding hydrogens is 302 g/mol. The molecule has 0 radical (unpaired) electrons. The number of amidine groups is 1. The molecule has 1 saturated carbocycles. The van der Waals surface area contributed by atoms with Gasteiger partial charge >= 0.3 is 0 Å². The Labute approximate surface area is 142 Å². The van der Waals surface area contributed by atoms with E-state index < -0.39 is 0 Å². The van der Waals surface area contributed by atoms with E-state index in [1.807, 2.05) is 48.4 Å². The third-order valence-corrected chi connectivity index (χ3v) is 4.49. The fourth-order valence-corrected chi connectivity index (χ4v) is 2.96. The molecule has 1 aliphatic carbocycles. The first kappa shape index (κ1) is 16.2. The highest BCUT2D eigenvalue weighted by Crippen LogP contribution is 2.37. The van der Waals surface area contributed by atoms with Crippen LogP contribution in [-0.4, -0.2) is 36.0 Å². The van der Waals surface area contributed by atoms with Crippen molar-refractivity contribution in [2.24, 2.45) is 16.1 Å². The van der Waals surface area contributed by atoms with Crippen LogP contribution in [-0.2, 0) is 4.84 Å². The molecule has 0 unspecified atom stereocenters. The van der Waals surface area contributed by atoms with E-state index in [1.165, 1.54) is 5.56 Å². The molecular formula is C18H23N5O. The Balaban J connectivity index is 1.54. The highest BCUT2D eigenvalue weighted by Gasteiger charge is 2.31.